The molecule has 0 saturated heterocycles. The van der Waals surface area contributed by atoms with Crippen LogP contribution in [0.2, 0.25) is 0 Å². The number of methoxy groups -OCH3 is 1. The molecule has 0 bridgehead atoms. The molecule has 0 aromatic heterocycles. The number of benzene rings is 2. The van der Waals surface area contributed by atoms with Crippen molar-refractivity contribution in [1.82, 2.24) is 5.32 Å². The fourth-order valence-electron chi connectivity index (χ4n) is 3.23. The summed E-state index contributed by atoms with van der Waals surface area (Å²) in [7, 11) is 1.63. The van der Waals surface area contributed by atoms with Gasteiger partial charge in [0.05, 0.1) is 26.6 Å². The lowest BCUT2D eigenvalue weighted by Crippen LogP contribution is -2.26. The minimum atomic E-state index is -0.486. The zero-order valence-corrected chi connectivity index (χ0v) is 21.0. The van der Waals surface area contributed by atoms with E-state index in [4.69, 9.17) is 14.2 Å². The van der Waals surface area contributed by atoms with Crippen molar-refractivity contribution in [1.29, 1.82) is 0 Å². The van der Waals surface area contributed by atoms with Crippen LogP contribution in [0.15, 0.2) is 40.9 Å². The Bertz CT molecular complexity index is 936. The smallest absolute Gasteiger partial charge is 0.310 e. The zero-order chi connectivity index (χ0) is 23.7. The lowest BCUT2D eigenvalue weighted by molar-refractivity contribution is -0.154. The van der Waals surface area contributed by atoms with Crippen LogP contribution in [0, 0.1) is 0 Å². The Morgan fingerprint density at radius 2 is 1.78 bits per heavy atom. The summed E-state index contributed by atoms with van der Waals surface area (Å²) in [4.78, 5) is 23.9. The van der Waals surface area contributed by atoms with Gasteiger partial charge in [-0.15, -0.1) is 0 Å². The van der Waals surface area contributed by atoms with Crippen molar-refractivity contribution in [3.63, 3.8) is 0 Å². The van der Waals surface area contributed by atoms with Gasteiger partial charge >= 0.3 is 11.9 Å². The molecule has 32 heavy (non-hydrogen) atoms. The maximum atomic E-state index is 11.9. The van der Waals surface area contributed by atoms with Crippen molar-refractivity contribution < 1.29 is 23.8 Å². The fourth-order valence-corrected chi connectivity index (χ4v) is 3.64. The van der Waals surface area contributed by atoms with E-state index in [1.165, 1.54) is 0 Å². The summed E-state index contributed by atoms with van der Waals surface area (Å²) in [6, 6.07) is 11.7. The normalized spacial score (nSPS) is 11.2. The summed E-state index contributed by atoms with van der Waals surface area (Å²) >= 11 is 3.54. The van der Waals surface area contributed by atoms with Crippen LogP contribution in [-0.2, 0) is 32.0 Å². The van der Waals surface area contributed by atoms with Crippen molar-refractivity contribution in [2.24, 2.45) is 0 Å². The van der Waals surface area contributed by atoms with Gasteiger partial charge in [-0.05, 0) is 68.7 Å². The molecular formula is C25H32BrNO5. The molecule has 174 valence electrons. The number of hydrogen-bond donors (Lipinski definition) is 1. The number of halogens is 1. The minimum Gasteiger partial charge on any atom is -0.496 e. The molecule has 0 radical (unpaired) electrons. The number of ether oxygens (including phenoxy) is 3. The van der Waals surface area contributed by atoms with Gasteiger partial charge in [0, 0.05) is 23.1 Å². The molecule has 2 aromatic carbocycles. The number of esters is 2. The monoisotopic (exact) mass is 505 g/mol. The van der Waals surface area contributed by atoms with E-state index in [0.717, 1.165) is 32.5 Å². The first-order chi connectivity index (χ1) is 15.1. The van der Waals surface area contributed by atoms with Crippen molar-refractivity contribution in [3.05, 3.63) is 52.0 Å². The summed E-state index contributed by atoms with van der Waals surface area (Å²) in [5, 5.41) is 3.32. The van der Waals surface area contributed by atoms with E-state index < -0.39 is 5.60 Å². The van der Waals surface area contributed by atoms with E-state index in [2.05, 4.69) is 21.2 Å². The summed E-state index contributed by atoms with van der Waals surface area (Å²) in [5.74, 6) is 0.228. The minimum absolute atomic E-state index is 0.199. The molecule has 0 saturated carbocycles. The highest BCUT2D eigenvalue weighted by atomic mass is 79.9. The van der Waals surface area contributed by atoms with Gasteiger partial charge in [0.1, 0.15) is 11.4 Å². The van der Waals surface area contributed by atoms with Gasteiger partial charge in [-0.1, -0.05) is 28.1 Å². The molecular weight excluding hydrogens is 474 g/mol. The number of hydrogen-bond acceptors (Lipinski definition) is 6. The predicted molar refractivity (Wildman–Crippen MR) is 129 cm³/mol. The first-order valence-corrected chi connectivity index (χ1v) is 11.5. The van der Waals surface area contributed by atoms with E-state index in [-0.39, 0.29) is 18.4 Å². The standard InChI is InChI=1S/C25H32BrNO5/c1-6-31-24(29)14-17-7-10-22(30-5)21(13-17)20-9-8-19(26)15-18(20)16-27-12-11-23(28)32-25(2,3)4/h7-10,13,15,27H,6,11-12,14,16H2,1-5H3. The molecule has 0 aliphatic rings. The van der Waals surface area contributed by atoms with Crippen molar-refractivity contribution in [2.45, 2.75) is 52.7 Å². The molecule has 0 unspecified atom stereocenters. The van der Waals surface area contributed by atoms with Gasteiger partial charge in [-0.3, -0.25) is 9.59 Å². The van der Waals surface area contributed by atoms with Crippen LogP contribution < -0.4 is 10.1 Å². The topological polar surface area (TPSA) is 73.9 Å². The van der Waals surface area contributed by atoms with Gasteiger partial charge in [0.2, 0.25) is 0 Å². The average Bonchev–Trinajstić information content (AvgIpc) is 2.70. The van der Waals surface area contributed by atoms with Crippen LogP contribution in [0.1, 0.15) is 45.2 Å². The molecule has 0 spiro atoms. The molecule has 6 nitrogen and oxygen atoms in total. The lowest BCUT2D eigenvalue weighted by Gasteiger charge is -2.19. The maximum Gasteiger partial charge on any atom is 0.310 e. The molecule has 0 aliphatic carbocycles. The van der Waals surface area contributed by atoms with Gasteiger partial charge < -0.3 is 19.5 Å². The third-order valence-corrected chi connectivity index (χ3v) is 5.01. The summed E-state index contributed by atoms with van der Waals surface area (Å²) in [6.45, 7) is 8.78. The van der Waals surface area contributed by atoms with Gasteiger partial charge in [-0.25, -0.2) is 0 Å². The van der Waals surface area contributed by atoms with Crippen LogP contribution in [0.5, 0.6) is 5.75 Å². The molecule has 2 rings (SSSR count). The molecule has 7 heteroatoms. The second kappa shape index (κ2) is 12.0. The fraction of sp³-hybridized carbons (Fsp3) is 0.440. The van der Waals surface area contributed by atoms with Gasteiger partial charge in [0.15, 0.2) is 0 Å². The molecule has 2 aromatic rings. The Labute approximate surface area is 198 Å². The first-order valence-electron chi connectivity index (χ1n) is 10.7. The molecule has 0 amide bonds. The quantitative estimate of drug-likeness (QED) is 0.359. The van der Waals surface area contributed by atoms with Crippen LogP contribution in [0.25, 0.3) is 11.1 Å². The van der Waals surface area contributed by atoms with E-state index in [1.54, 1.807) is 14.0 Å². The SMILES string of the molecule is CCOC(=O)Cc1ccc(OC)c(-c2ccc(Br)cc2CNCCC(=O)OC(C)(C)C)c1. The van der Waals surface area contributed by atoms with Crippen LogP contribution >= 0.6 is 15.9 Å². The number of carbonyl (C=O) groups excluding carboxylic acids is 2. The average molecular weight is 506 g/mol. The molecule has 0 atom stereocenters. The molecule has 0 heterocycles. The van der Waals surface area contributed by atoms with E-state index in [9.17, 15) is 9.59 Å². The van der Waals surface area contributed by atoms with Crippen LogP contribution in [0.4, 0.5) is 0 Å². The third-order valence-electron chi connectivity index (χ3n) is 4.52. The summed E-state index contributed by atoms with van der Waals surface area (Å²) in [5.41, 5.74) is 3.28. The largest absolute Gasteiger partial charge is 0.496 e. The Kier molecular flexibility index (Phi) is 9.72. The second-order valence-electron chi connectivity index (χ2n) is 8.33. The lowest BCUT2D eigenvalue weighted by atomic mass is 9.96. The number of carbonyl (C=O) groups is 2. The van der Waals surface area contributed by atoms with Crippen LogP contribution in [-0.4, -0.2) is 37.8 Å². The first kappa shape index (κ1) is 25.9. The predicted octanol–water partition coefficient (Wildman–Crippen LogP) is 5.05. The summed E-state index contributed by atoms with van der Waals surface area (Å²) in [6.07, 6.45) is 0.490. The Morgan fingerprint density at radius 1 is 1.03 bits per heavy atom. The van der Waals surface area contributed by atoms with E-state index in [1.807, 2.05) is 57.2 Å². The summed E-state index contributed by atoms with van der Waals surface area (Å²) < 4.78 is 17.0. The molecule has 0 aliphatic heterocycles. The Morgan fingerprint density at radius 3 is 2.44 bits per heavy atom. The van der Waals surface area contributed by atoms with E-state index >= 15 is 0 Å². The van der Waals surface area contributed by atoms with Gasteiger partial charge in [-0.2, -0.15) is 0 Å². The maximum absolute atomic E-state index is 11.9. The highest BCUT2D eigenvalue weighted by Gasteiger charge is 2.16. The van der Waals surface area contributed by atoms with Crippen molar-refractivity contribution >= 4 is 27.9 Å². The van der Waals surface area contributed by atoms with Crippen molar-refractivity contribution in [3.8, 4) is 16.9 Å². The number of rotatable bonds is 10. The van der Waals surface area contributed by atoms with Gasteiger partial charge in [0.25, 0.3) is 0 Å². The third kappa shape index (κ3) is 8.28. The Balaban J connectivity index is 2.19. The zero-order valence-electron chi connectivity index (χ0n) is 19.4. The highest BCUT2D eigenvalue weighted by molar-refractivity contribution is 9.10. The number of nitrogens with one attached hydrogen (secondary N) is 1. The van der Waals surface area contributed by atoms with E-state index in [0.29, 0.717) is 26.1 Å². The van der Waals surface area contributed by atoms with Crippen molar-refractivity contribution in [2.75, 3.05) is 20.3 Å². The Hall–Kier alpha value is -2.38. The second-order valence-corrected chi connectivity index (χ2v) is 9.25. The molecule has 0 fully saturated rings. The molecule has 1 N–H and O–H groups in total. The highest BCUT2D eigenvalue weighted by Crippen LogP contribution is 2.35. The van der Waals surface area contributed by atoms with Crippen LogP contribution in [0.3, 0.4) is 0 Å².